The predicted molar refractivity (Wildman–Crippen MR) is 134 cm³/mol. The highest BCUT2D eigenvalue weighted by molar-refractivity contribution is 5.97. The van der Waals surface area contributed by atoms with Gasteiger partial charge in [-0.2, -0.15) is 5.10 Å². The molecule has 5 rings (SSSR count). The SMILES string of the molecule is COc1ccc([C@@H](C)NC(=O)c2cc(N3CCNC4(CC4)C3)ccc2C)cc1-c1cnn(C)c1. The number of amides is 1. The van der Waals surface area contributed by atoms with E-state index in [0.717, 1.165) is 58.9 Å². The molecule has 2 fully saturated rings. The summed E-state index contributed by atoms with van der Waals surface area (Å²) in [4.78, 5) is 15.7. The first-order valence-electron chi connectivity index (χ1n) is 12.0. The van der Waals surface area contributed by atoms with Crippen molar-refractivity contribution in [2.45, 2.75) is 38.3 Å². The fraction of sp³-hybridized carbons (Fsp3) is 0.407. The summed E-state index contributed by atoms with van der Waals surface area (Å²) in [7, 11) is 3.56. The van der Waals surface area contributed by atoms with Crippen molar-refractivity contribution in [1.29, 1.82) is 0 Å². The third-order valence-electron chi connectivity index (χ3n) is 7.15. The zero-order valence-electron chi connectivity index (χ0n) is 20.4. The minimum Gasteiger partial charge on any atom is -0.496 e. The van der Waals surface area contributed by atoms with Gasteiger partial charge >= 0.3 is 0 Å². The van der Waals surface area contributed by atoms with E-state index in [1.807, 2.05) is 51.5 Å². The number of piperazine rings is 1. The number of benzene rings is 2. The van der Waals surface area contributed by atoms with Crippen LogP contribution in [0.3, 0.4) is 0 Å². The van der Waals surface area contributed by atoms with Crippen molar-refractivity contribution in [3.05, 3.63) is 65.5 Å². The van der Waals surface area contributed by atoms with Crippen LogP contribution in [0.4, 0.5) is 5.69 Å². The van der Waals surface area contributed by atoms with Gasteiger partial charge in [-0.15, -0.1) is 0 Å². The first kappa shape index (κ1) is 22.5. The van der Waals surface area contributed by atoms with Crippen molar-refractivity contribution in [2.24, 2.45) is 7.05 Å². The Morgan fingerprint density at radius 3 is 2.76 bits per heavy atom. The summed E-state index contributed by atoms with van der Waals surface area (Å²) in [5, 5.41) is 11.1. The normalized spacial score (nSPS) is 17.5. The Hall–Kier alpha value is -3.32. The summed E-state index contributed by atoms with van der Waals surface area (Å²) in [5.74, 6) is 0.727. The van der Waals surface area contributed by atoms with Crippen LogP contribution in [0.2, 0.25) is 0 Å². The number of hydrogen-bond acceptors (Lipinski definition) is 5. The fourth-order valence-corrected chi connectivity index (χ4v) is 4.85. The Morgan fingerprint density at radius 1 is 1.24 bits per heavy atom. The number of nitrogens with one attached hydrogen (secondary N) is 2. The molecule has 0 bridgehead atoms. The number of hydrogen-bond donors (Lipinski definition) is 2. The van der Waals surface area contributed by atoms with Crippen molar-refractivity contribution in [3.63, 3.8) is 0 Å². The molecule has 7 nitrogen and oxygen atoms in total. The zero-order valence-corrected chi connectivity index (χ0v) is 20.4. The van der Waals surface area contributed by atoms with Crippen LogP contribution in [0.1, 0.15) is 47.3 Å². The highest BCUT2D eigenvalue weighted by Gasteiger charge is 2.45. The van der Waals surface area contributed by atoms with E-state index in [2.05, 4.69) is 38.8 Å². The lowest BCUT2D eigenvalue weighted by Crippen LogP contribution is -2.52. The highest BCUT2D eigenvalue weighted by Crippen LogP contribution is 2.39. The fourth-order valence-electron chi connectivity index (χ4n) is 4.85. The third kappa shape index (κ3) is 4.40. The quantitative estimate of drug-likeness (QED) is 0.586. The van der Waals surface area contributed by atoms with Crippen LogP contribution in [0.5, 0.6) is 5.75 Å². The Labute approximate surface area is 201 Å². The maximum Gasteiger partial charge on any atom is 0.252 e. The topological polar surface area (TPSA) is 71.4 Å². The van der Waals surface area contributed by atoms with Crippen molar-refractivity contribution in [1.82, 2.24) is 20.4 Å². The first-order chi connectivity index (χ1) is 16.4. The molecule has 0 unspecified atom stereocenters. The number of rotatable bonds is 6. The van der Waals surface area contributed by atoms with Crippen LogP contribution >= 0.6 is 0 Å². The number of carbonyl (C=O) groups excluding carboxylic acids is 1. The molecule has 0 radical (unpaired) electrons. The second-order valence-electron chi connectivity index (χ2n) is 9.69. The highest BCUT2D eigenvalue weighted by atomic mass is 16.5. The zero-order chi connectivity index (χ0) is 23.9. The predicted octanol–water partition coefficient (Wildman–Crippen LogP) is 3.84. The molecule has 1 saturated carbocycles. The molecule has 2 aliphatic rings. The van der Waals surface area contributed by atoms with Gasteiger partial charge < -0.3 is 20.3 Å². The molecular weight excluding hydrogens is 426 g/mol. The molecule has 7 heteroatoms. The van der Waals surface area contributed by atoms with Crippen molar-refractivity contribution >= 4 is 11.6 Å². The van der Waals surface area contributed by atoms with Gasteiger partial charge in [0.2, 0.25) is 0 Å². The van der Waals surface area contributed by atoms with Crippen LogP contribution in [-0.4, -0.2) is 48.0 Å². The molecule has 3 aromatic rings. The largest absolute Gasteiger partial charge is 0.496 e. The number of carbonyl (C=O) groups is 1. The number of aromatic nitrogens is 2. The molecule has 1 aliphatic heterocycles. The number of ether oxygens (including phenoxy) is 1. The summed E-state index contributed by atoms with van der Waals surface area (Å²) in [6.07, 6.45) is 6.26. The standard InChI is InChI=1S/C27H33N5O2/c1-18-5-7-22(32-12-11-28-27(17-32)9-10-27)14-23(18)26(33)30-19(2)20-6-8-25(34-4)24(13-20)21-15-29-31(3)16-21/h5-8,13-16,19,28H,9-12,17H2,1-4H3,(H,30,33)/t19-/m1/s1. The summed E-state index contributed by atoms with van der Waals surface area (Å²) in [6.45, 7) is 6.97. The Bertz CT molecular complexity index is 1210. The van der Waals surface area contributed by atoms with E-state index < -0.39 is 0 Å². The van der Waals surface area contributed by atoms with Crippen molar-refractivity contribution < 1.29 is 9.53 Å². The molecule has 2 aromatic carbocycles. The second-order valence-corrected chi connectivity index (χ2v) is 9.69. The third-order valence-corrected chi connectivity index (χ3v) is 7.15. The molecule has 1 amide bonds. The van der Waals surface area contributed by atoms with E-state index >= 15 is 0 Å². The summed E-state index contributed by atoms with van der Waals surface area (Å²) >= 11 is 0. The lowest BCUT2D eigenvalue weighted by atomic mass is 10.00. The van der Waals surface area contributed by atoms with E-state index in [1.54, 1.807) is 11.8 Å². The number of methoxy groups -OCH3 is 1. The minimum atomic E-state index is -0.161. The van der Waals surface area contributed by atoms with Gasteiger partial charge in [0.05, 0.1) is 19.3 Å². The van der Waals surface area contributed by atoms with Crippen LogP contribution in [0.25, 0.3) is 11.1 Å². The molecule has 1 aromatic heterocycles. The van der Waals surface area contributed by atoms with Gasteiger partial charge in [0.15, 0.2) is 0 Å². The van der Waals surface area contributed by atoms with Crippen molar-refractivity contribution in [2.75, 3.05) is 31.6 Å². The van der Waals surface area contributed by atoms with Crippen LogP contribution in [0.15, 0.2) is 48.8 Å². The molecule has 34 heavy (non-hydrogen) atoms. The second kappa shape index (κ2) is 8.80. The van der Waals surface area contributed by atoms with Crippen molar-refractivity contribution in [3.8, 4) is 16.9 Å². The summed E-state index contributed by atoms with van der Waals surface area (Å²) < 4.78 is 7.34. The first-order valence-corrected chi connectivity index (χ1v) is 12.0. The van der Waals surface area contributed by atoms with E-state index in [4.69, 9.17) is 4.74 Å². The average molecular weight is 460 g/mol. The Kier molecular flexibility index (Phi) is 5.81. The van der Waals surface area contributed by atoms with E-state index in [0.29, 0.717) is 5.54 Å². The van der Waals surface area contributed by atoms with E-state index in [1.165, 1.54) is 12.8 Å². The van der Waals surface area contributed by atoms with E-state index in [9.17, 15) is 4.79 Å². The van der Waals surface area contributed by atoms with Gasteiger partial charge in [0, 0.05) is 60.8 Å². The number of anilines is 1. The molecule has 1 aliphatic carbocycles. The van der Waals surface area contributed by atoms with Gasteiger partial charge in [-0.05, 0) is 62.1 Å². The average Bonchev–Trinajstić information content (AvgIpc) is 3.43. The molecule has 2 heterocycles. The maximum atomic E-state index is 13.3. The van der Waals surface area contributed by atoms with E-state index in [-0.39, 0.29) is 11.9 Å². The van der Waals surface area contributed by atoms with Gasteiger partial charge in [0.1, 0.15) is 5.75 Å². The van der Waals surface area contributed by atoms with Gasteiger partial charge in [-0.25, -0.2) is 0 Å². The molecule has 178 valence electrons. The smallest absolute Gasteiger partial charge is 0.252 e. The molecule has 1 atom stereocenters. The lowest BCUT2D eigenvalue weighted by molar-refractivity contribution is 0.0939. The summed E-state index contributed by atoms with van der Waals surface area (Å²) in [5.41, 5.74) is 6.08. The van der Waals surface area contributed by atoms with Gasteiger partial charge in [-0.1, -0.05) is 12.1 Å². The number of nitrogens with zero attached hydrogens (tertiary/aromatic N) is 3. The molecule has 1 spiro atoms. The lowest BCUT2D eigenvalue weighted by Gasteiger charge is -2.36. The molecule has 1 saturated heterocycles. The Morgan fingerprint density at radius 2 is 2.06 bits per heavy atom. The minimum absolute atomic E-state index is 0.0538. The monoisotopic (exact) mass is 459 g/mol. The van der Waals surface area contributed by atoms with Crippen LogP contribution in [-0.2, 0) is 7.05 Å². The maximum absolute atomic E-state index is 13.3. The molecule has 2 N–H and O–H groups in total. The Balaban J connectivity index is 1.35. The van der Waals surface area contributed by atoms with Gasteiger partial charge in [-0.3, -0.25) is 9.48 Å². The van der Waals surface area contributed by atoms with Crippen LogP contribution < -0.4 is 20.3 Å². The number of aryl methyl sites for hydroxylation is 2. The summed E-state index contributed by atoms with van der Waals surface area (Å²) in [6, 6.07) is 12.1. The molecular formula is C27H33N5O2. The van der Waals surface area contributed by atoms with Crippen LogP contribution in [0, 0.1) is 6.92 Å². The van der Waals surface area contributed by atoms with Gasteiger partial charge in [0.25, 0.3) is 5.91 Å².